The molecule has 0 aliphatic rings. The standard InChI is InChI=1S/C13H18N6O/c1-15-13(20)9-4-5-11(10(14)7-9)16-6-2-3-12-17-8-18-19-12/h4-5,7-8,16H,2-3,6,14H2,1H3,(H,15,20)(H,17,18,19). The SMILES string of the molecule is CNC(=O)c1ccc(NCCCc2ncn[nH]2)c(N)c1. The molecule has 1 aromatic heterocycles. The first-order valence-corrected chi connectivity index (χ1v) is 6.40. The third-order valence-electron chi connectivity index (χ3n) is 2.91. The van der Waals surface area contributed by atoms with E-state index in [4.69, 9.17) is 5.73 Å². The van der Waals surface area contributed by atoms with E-state index in [0.29, 0.717) is 11.3 Å². The van der Waals surface area contributed by atoms with E-state index in [1.54, 1.807) is 19.2 Å². The summed E-state index contributed by atoms with van der Waals surface area (Å²) in [6, 6.07) is 5.22. The molecular weight excluding hydrogens is 256 g/mol. The number of amides is 1. The van der Waals surface area contributed by atoms with Gasteiger partial charge in [-0.25, -0.2) is 4.98 Å². The predicted molar refractivity (Wildman–Crippen MR) is 77.4 cm³/mol. The van der Waals surface area contributed by atoms with Gasteiger partial charge in [0.1, 0.15) is 12.2 Å². The molecule has 0 unspecified atom stereocenters. The van der Waals surface area contributed by atoms with Crippen molar-refractivity contribution in [3.8, 4) is 0 Å². The first-order chi connectivity index (χ1) is 9.70. The summed E-state index contributed by atoms with van der Waals surface area (Å²) in [7, 11) is 1.59. The number of hydrogen-bond donors (Lipinski definition) is 4. The fraction of sp³-hybridized carbons (Fsp3) is 0.308. The first-order valence-electron chi connectivity index (χ1n) is 6.40. The molecule has 1 aromatic carbocycles. The molecule has 0 spiro atoms. The van der Waals surface area contributed by atoms with Crippen molar-refractivity contribution in [3.05, 3.63) is 35.9 Å². The van der Waals surface area contributed by atoms with Gasteiger partial charge >= 0.3 is 0 Å². The average Bonchev–Trinajstić information content (AvgIpc) is 2.97. The van der Waals surface area contributed by atoms with Gasteiger partial charge in [-0.2, -0.15) is 5.10 Å². The fourth-order valence-corrected chi connectivity index (χ4v) is 1.84. The summed E-state index contributed by atoms with van der Waals surface area (Å²) in [5.74, 6) is 0.725. The van der Waals surface area contributed by atoms with Gasteiger partial charge in [-0.05, 0) is 24.6 Å². The molecule has 7 nitrogen and oxygen atoms in total. The smallest absolute Gasteiger partial charge is 0.251 e. The van der Waals surface area contributed by atoms with Crippen LogP contribution in [0, 0.1) is 0 Å². The second-order valence-corrected chi connectivity index (χ2v) is 4.34. The molecule has 0 aliphatic heterocycles. The van der Waals surface area contributed by atoms with E-state index in [2.05, 4.69) is 25.8 Å². The Morgan fingerprint density at radius 2 is 2.30 bits per heavy atom. The average molecular weight is 274 g/mol. The highest BCUT2D eigenvalue weighted by Gasteiger charge is 2.06. The summed E-state index contributed by atoms with van der Waals surface area (Å²) < 4.78 is 0. The maximum atomic E-state index is 11.5. The van der Waals surface area contributed by atoms with Crippen LogP contribution in [0.3, 0.4) is 0 Å². The lowest BCUT2D eigenvalue weighted by Gasteiger charge is -2.10. The summed E-state index contributed by atoms with van der Waals surface area (Å²) in [5, 5.41) is 12.4. The van der Waals surface area contributed by atoms with E-state index in [1.807, 2.05) is 6.07 Å². The number of aromatic amines is 1. The minimum Gasteiger partial charge on any atom is -0.397 e. The normalized spacial score (nSPS) is 10.2. The Kier molecular flexibility index (Phi) is 4.54. The predicted octanol–water partition coefficient (Wildman–Crippen LogP) is 0.791. The summed E-state index contributed by atoms with van der Waals surface area (Å²) in [6.45, 7) is 0.768. The Hall–Kier alpha value is -2.57. The zero-order valence-corrected chi connectivity index (χ0v) is 11.3. The molecule has 7 heteroatoms. The number of aryl methyl sites for hydroxylation is 1. The van der Waals surface area contributed by atoms with Gasteiger partial charge < -0.3 is 16.4 Å². The zero-order valence-electron chi connectivity index (χ0n) is 11.3. The third-order valence-corrected chi connectivity index (χ3v) is 2.91. The summed E-state index contributed by atoms with van der Waals surface area (Å²) >= 11 is 0. The van der Waals surface area contributed by atoms with Crippen molar-refractivity contribution in [2.75, 3.05) is 24.6 Å². The second-order valence-electron chi connectivity index (χ2n) is 4.34. The van der Waals surface area contributed by atoms with Gasteiger partial charge in [0.05, 0.1) is 11.4 Å². The molecule has 5 N–H and O–H groups in total. The van der Waals surface area contributed by atoms with Gasteiger partial charge in [0.25, 0.3) is 5.91 Å². The second kappa shape index (κ2) is 6.55. The fourth-order valence-electron chi connectivity index (χ4n) is 1.84. The number of nitrogens with zero attached hydrogens (tertiary/aromatic N) is 2. The quantitative estimate of drug-likeness (QED) is 0.460. The van der Waals surface area contributed by atoms with Crippen LogP contribution in [-0.4, -0.2) is 34.7 Å². The van der Waals surface area contributed by atoms with Crippen molar-refractivity contribution in [3.63, 3.8) is 0 Å². The molecule has 0 atom stereocenters. The van der Waals surface area contributed by atoms with Crippen LogP contribution in [-0.2, 0) is 6.42 Å². The van der Waals surface area contributed by atoms with Gasteiger partial charge in [-0.3, -0.25) is 9.89 Å². The molecule has 0 radical (unpaired) electrons. The van der Waals surface area contributed by atoms with Crippen molar-refractivity contribution in [1.29, 1.82) is 0 Å². The van der Waals surface area contributed by atoms with Gasteiger partial charge in [0.15, 0.2) is 0 Å². The Morgan fingerprint density at radius 3 is 2.95 bits per heavy atom. The van der Waals surface area contributed by atoms with Gasteiger partial charge in [-0.1, -0.05) is 0 Å². The number of H-pyrrole nitrogens is 1. The lowest BCUT2D eigenvalue weighted by molar-refractivity contribution is 0.0963. The molecule has 0 bridgehead atoms. The number of hydrogen-bond acceptors (Lipinski definition) is 5. The van der Waals surface area contributed by atoms with Crippen molar-refractivity contribution in [2.24, 2.45) is 0 Å². The number of nitrogens with one attached hydrogen (secondary N) is 3. The molecule has 1 amide bonds. The lowest BCUT2D eigenvalue weighted by Crippen LogP contribution is -2.18. The highest BCUT2D eigenvalue weighted by molar-refractivity contribution is 5.95. The highest BCUT2D eigenvalue weighted by Crippen LogP contribution is 2.19. The molecule has 0 fully saturated rings. The minimum atomic E-state index is -0.145. The molecule has 20 heavy (non-hydrogen) atoms. The number of rotatable bonds is 6. The van der Waals surface area contributed by atoms with Crippen LogP contribution < -0.4 is 16.4 Å². The Morgan fingerprint density at radius 1 is 1.45 bits per heavy atom. The van der Waals surface area contributed by atoms with Gasteiger partial charge in [0.2, 0.25) is 0 Å². The van der Waals surface area contributed by atoms with Crippen LogP contribution in [0.15, 0.2) is 24.5 Å². The van der Waals surface area contributed by atoms with Crippen LogP contribution in [0.4, 0.5) is 11.4 Å². The number of carbonyl (C=O) groups is 1. The van der Waals surface area contributed by atoms with Crippen LogP contribution >= 0.6 is 0 Å². The van der Waals surface area contributed by atoms with Gasteiger partial charge in [0, 0.05) is 25.6 Å². The molecular formula is C13H18N6O. The van der Waals surface area contributed by atoms with E-state index in [1.165, 1.54) is 6.33 Å². The maximum Gasteiger partial charge on any atom is 0.251 e. The van der Waals surface area contributed by atoms with Crippen molar-refractivity contribution in [1.82, 2.24) is 20.5 Å². The lowest BCUT2D eigenvalue weighted by atomic mass is 10.1. The molecule has 0 saturated carbocycles. The van der Waals surface area contributed by atoms with Crippen LogP contribution in [0.5, 0.6) is 0 Å². The van der Waals surface area contributed by atoms with Gasteiger partial charge in [-0.15, -0.1) is 0 Å². The van der Waals surface area contributed by atoms with Crippen molar-refractivity contribution < 1.29 is 4.79 Å². The van der Waals surface area contributed by atoms with Crippen LogP contribution in [0.1, 0.15) is 22.6 Å². The van der Waals surface area contributed by atoms with Crippen LogP contribution in [0.25, 0.3) is 0 Å². The molecule has 0 aliphatic carbocycles. The monoisotopic (exact) mass is 274 g/mol. The number of nitrogen functional groups attached to an aromatic ring is 1. The van der Waals surface area contributed by atoms with E-state index in [0.717, 1.165) is 30.9 Å². The number of nitrogens with two attached hydrogens (primary N) is 1. The van der Waals surface area contributed by atoms with E-state index < -0.39 is 0 Å². The van der Waals surface area contributed by atoms with E-state index in [-0.39, 0.29) is 5.91 Å². The zero-order chi connectivity index (χ0) is 14.4. The molecule has 2 aromatic rings. The largest absolute Gasteiger partial charge is 0.397 e. The molecule has 106 valence electrons. The number of aromatic nitrogens is 3. The number of benzene rings is 1. The summed E-state index contributed by atoms with van der Waals surface area (Å²) in [5.41, 5.74) is 7.86. The molecule has 1 heterocycles. The maximum absolute atomic E-state index is 11.5. The molecule has 0 saturated heterocycles. The topological polar surface area (TPSA) is 109 Å². The number of anilines is 2. The Labute approximate surface area is 117 Å². The third kappa shape index (κ3) is 3.47. The van der Waals surface area contributed by atoms with Crippen LogP contribution in [0.2, 0.25) is 0 Å². The first kappa shape index (κ1) is 13.9. The Bertz CT molecular complexity index is 566. The van der Waals surface area contributed by atoms with E-state index in [9.17, 15) is 4.79 Å². The summed E-state index contributed by atoms with van der Waals surface area (Å²) in [4.78, 5) is 15.5. The molecule has 2 rings (SSSR count). The summed E-state index contributed by atoms with van der Waals surface area (Å²) in [6.07, 6.45) is 3.23. The number of carbonyl (C=O) groups excluding carboxylic acids is 1. The van der Waals surface area contributed by atoms with Crippen molar-refractivity contribution in [2.45, 2.75) is 12.8 Å². The highest BCUT2D eigenvalue weighted by atomic mass is 16.1. The minimum absolute atomic E-state index is 0.145. The Balaban J connectivity index is 1.85. The van der Waals surface area contributed by atoms with E-state index >= 15 is 0 Å². The van der Waals surface area contributed by atoms with Crippen molar-refractivity contribution >= 4 is 17.3 Å².